The third-order valence-electron chi connectivity index (χ3n) is 3.41. The van der Waals surface area contributed by atoms with Gasteiger partial charge < -0.3 is 10.0 Å². The molecule has 1 aliphatic heterocycles. The zero-order valence-electron chi connectivity index (χ0n) is 10.6. The molecule has 0 radical (unpaired) electrons. The Kier molecular flexibility index (Phi) is 3.57. The topological polar surface area (TPSA) is 43.7 Å². The molecule has 0 aliphatic carbocycles. The standard InChI is InChI=1S/C13H20BNO2/c1-13(2)6-7-15(10-13)9-11-4-3-5-12(8-11)14(16)17/h3-5,8,16-17H,6-7,9-10H2,1-2H3. The molecule has 17 heavy (non-hydrogen) atoms. The first kappa shape index (κ1) is 12.6. The Morgan fingerprint density at radius 3 is 2.71 bits per heavy atom. The van der Waals surface area contributed by atoms with Gasteiger partial charge in [-0.1, -0.05) is 38.1 Å². The molecule has 0 spiro atoms. The number of hydrogen-bond acceptors (Lipinski definition) is 3. The summed E-state index contributed by atoms with van der Waals surface area (Å²) in [6, 6.07) is 7.53. The summed E-state index contributed by atoms with van der Waals surface area (Å²) in [5.41, 5.74) is 2.13. The lowest BCUT2D eigenvalue weighted by Crippen LogP contribution is -2.30. The van der Waals surface area contributed by atoms with Crippen molar-refractivity contribution in [3.8, 4) is 0 Å². The van der Waals surface area contributed by atoms with Gasteiger partial charge in [0.1, 0.15) is 0 Å². The Morgan fingerprint density at radius 2 is 2.12 bits per heavy atom. The maximum Gasteiger partial charge on any atom is 0.488 e. The molecule has 0 unspecified atom stereocenters. The fourth-order valence-corrected chi connectivity index (χ4v) is 2.47. The molecule has 1 aliphatic rings. The van der Waals surface area contributed by atoms with Crippen LogP contribution in [0.25, 0.3) is 0 Å². The number of hydrogen-bond donors (Lipinski definition) is 2. The molecule has 1 fully saturated rings. The number of nitrogens with zero attached hydrogens (tertiary/aromatic N) is 1. The van der Waals surface area contributed by atoms with Crippen LogP contribution >= 0.6 is 0 Å². The summed E-state index contributed by atoms with van der Waals surface area (Å²) >= 11 is 0. The van der Waals surface area contributed by atoms with Crippen LogP contribution in [-0.4, -0.2) is 35.2 Å². The molecule has 1 heterocycles. The number of likely N-dealkylation sites (tertiary alicyclic amines) is 1. The van der Waals surface area contributed by atoms with Crippen LogP contribution in [-0.2, 0) is 6.54 Å². The van der Waals surface area contributed by atoms with Gasteiger partial charge in [-0.25, -0.2) is 0 Å². The van der Waals surface area contributed by atoms with E-state index in [0.717, 1.165) is 25.2 Å². The Bertz CT molecular complexity index is 393. The highest BCUT2D eigenvalue weighted by Gasteiger charge is 2.28. The van der Waals surface area contributed by atoms with Crippen LogP contribution in [0.1, 0.15) is 25.8 Å². The SMILES string of the molecule is CC1(C)CCN(Cc2cccc(B(O)O)c2)C1. The molecule has 0 aromatic heterocycles. The highest BCUT2D eigenvalue weighted by atomic mass is 16.4. The maximum absolute atomic E-state index is 9.13. The zero-order chi connectivity index (χ0) is 12.5. The van der Waals surface area contributed by atoms with Crippen molar-refractivity contribution < 1.29 is 10.0 Å². The summed E-state index contributed by atoms with van der Waals surface area (Å²) in [6.45, 7) is 7.71. The summed E-state index contributed by atoms with van der Waals surface area (Å²) in [6.07, 6.45) is 1.23. The van der Waals surface area contributed by atoms with Crippen molar-refractivity contribution >= 4 is 12.6 Å². The van der Waals surface area contributed by atoms with E-state index in [2.05, 4.69) is 18.7 Å². The quantitative estimate of drug-likeness (QED) is 0.751. The third kappa shape index (κ3) is 3.31. The molecule has 0 saturated carbocycles. The van der Waals surface area contributed by atoms with E-state index in [4.69, 9.17) is 10.0 Å². The maximum atomic E-state index is 9.13. The first-order chi connectivity index (χ1) is 7.96. The lowest BCUT2D eigenvalue weighted by atomic mass is 9.79. The summed E-state index contributed by atoms with van der Waals surface area (Å²) in [5, 5.41) is 18.3. The van der Waals surface area contributed by atoms with Crippen molar-refractivity contribution in [2.75, 3.05) is 13.1 Å². The van der Waals surface area contributed by atoms with E-state index in [1.54, 1.807) is 6.07 Å². The predicted molar refractivity (Wildman–Crippen MR) is 69.9 cm³/mol. The van der Waals surface area contributed by atoms with Gasteiger partial charge in [-0.15, -0.1) is 0 Å². The first-order valence-electron chi connectivity index (χ1n) is 6.14. The van der Waals surface area contributed by atoms with E-state index >= 15 is 0 Å². The normalized spacial score (nSPS) is 19.5. The average Bonchev–Trinajstić information content (AvgIpc) is 2.58. The van der Waals surface area contributed by atoms with Crippen LogP contribution in [0.4, 0.5) is 0 Å². The summed E-state index contributed by atoms with van der Waals surface area (Å²) in [4.78, 5) is 2.42. The van der Waals surface area contributed by atoms with E-state index in [1.807, 2.05) is 18.2 Å². The van der Waals surface area contributed by atoms with Crippen LogP contribution in [0.15, 0.2) is 24.3 Å². The molecule has 0 atom stereocenters. The Hall–Kier alpha value is -0.835. The molecule has 0 bridgehead atoms. The largest absolute Gasteiger partial charge is 0.488 e. The lowest BCUT2D eigenvalue weighted by molar-refractivity contribution is 0.284. The van der Waals surface area contributed by atoms with Crippen molar-refractivity contribution in [2.45, 2.75) is 26.8 Å². The van der Waals surface area contributed by atoms with Gasteiger partial charge in [0.05, 0.1) is 0 Å². The highest BCUT2D eigenvalue weighted by Crippen LogP contribution is 2.29. The van der Waals surface area contributed by atoms with Gasteiger partial charge in [-0.3, -0.25) is 4.90 Å². The molecular weight excluding hydrogens is 213 g/mol. The number of benzene rings is 1. The van der Waals surface area contributed by atoms with Crippen LogP contribution in [0.5, 0.6) is 0 Å². The molecule has 2 N–H and O–H groups in total. The second-order valence-corrected chi connectivity index (χ2v) is 5.74. The smallest absolute Gasteiger partial charge is 0.423 e. The Labute approximate surface area is 103 Å². The minimum absolute atomic E-state index is 0.411. The van der Waals surface area contributed by atoms with Crippen molar-refractivity contribution in [1.82, 2.24) is 4.90 Å². The minimum Gasteiger partial charge on any atom is -0.423 e. The molecule has 3 nitrogen and oxygen atoms in total. The Balaban J connectivity index is 2.02. The van der Waals surface area contributed by atoms with E-state index in [-0.39, 0.29) is 0 Å². The zero-order valence-corrected chi connectivity index (χ0v) is 10.6. The van der Waals surface area contributed by atoms with Gasteiger partial charge in [-0.2, -0.15) is 0 Å². The van der Waals surface area contributed by atoms with Gasteiger partial charge in [-0.05, 0) is 29.4 Å². The first-order valence-corrected chi connectivity index (χ1v) is 6.14. The van der Waals surface area contributed by atoms with E-state index < -0.39 is 7.12 Å². The predicted octanol–water partition coefficient (Wildman–Crippen LogP) is 0.598. The van der Waals surface area contributed by atoms with Crippen molar-refractivity contribution in [1.29, 1.82) is 0 Å². The average molecular weight is 233 g/mol. The second-order valence-electron chi connectivity index (χ2n) is 5.74. The molecule has 1 aromatic rings. The van der Waals surface area contributed by atoms with Gasteiger partial charge >= 0.3 is 7.12 Å². The van der Waals surface area contributed by atoms with Gasteiger partial charge in [0.15, 0.2) is 0 Å². The fraction of sp³-hybridized carbons (Fsp3) is 0.538. The number of rotatable bonds is 3. The third-order valence-corrected chi connectivity index (χ3v) is 3.41. The molecule has 92 valence electrons. The van der Waals surface area contributed by atoms with Crippen molar-refractivity contribution in [3.63, 3.8) is 0 Å². The summed E-state index contributed by atoms with van der Waals surface area (Å²) in [5.74, 6) is 0. The molecule has 2 rings (SSSR count). The molecule has 4 heteroatoms. The lowest BCUT2D eigenvalue weighted by Gasteiger charge is -2.19. The van der Waals surface area contributed by atoms with Gasteiger partial charge in [0, 0.05) is 13.1 Å². The fourth-order valence-electron chi connectivity index (χ4n) is 2.47. The van der Waals surface area contributed by atoms with Crippen LogP contribution in [0, 0.1) is 5.41 Å². The van der Waals surface area contributed by atoms with Gasteiger partial charge in [0.2, 0.25) is 0 Å². The molecular formula is C13H20BNO2. The molecule has 1 saturated heterocycles. The van der Waals surface area contributed by atoms with Crippen LogP contribution < -0.4 is 5.46 Å². The molecule has 1 aromatic carbocycles. The van der Waals surface area contributed by atoms with Crippen LogP contribution in [0.3, 0.4) is 0 Å². The van der Waals surface area contributed by atoms with Crippen molar-refractivity contribution in [2.24, 2.45) is 5.41 Å². The molecule has 0 amide bonds. The summed E-state index contributed by atoms with van der Waals surface area (Å²) in [7, 11) is -1.37. The summed E-state index contributed by atoms with van der Waals surface area (Å²) < 4.78 is 0. The monoisotopic (exact) mass is 233 g/mol. The van der Waals surface area contributed by atoms with Crippen LogP contribution in [0.2, 0.25) is 0 Å². The van der Waals surface area contributed by atoms with E-state index in [9.17, 15) is 0 Å². The van der Waals surface area contributed by atoms with E-state index in [0.29, 0.717) is 10.9 Å². The van der Waals surface area contributed by atoms with Gasteiger partial charge in [0.25, 0.3) is 0 Å². The highest BCUT2D eigenvalue weighted by molar-refractivity contribution is 6.58. The Morgan fingerprint density at radius 1 is 1.35 bits per heavy atom. The minimum atomic E-state index is -1.37. The second kappa shape index (κ2) is 4.80. The van der Waals surface area contributed by atoms with E-state index in [1.165, 1.54) is 6.42 Å². The van der Waals surface area contributed by atoms with Crippen molar-refractivity contribution in [3.05, 3.63) is 29.8 Å².